The summed E-state index contributed by atoms with van der Waals surface area (Å²) in [4.78, 5) is -0.682. The van der Waals surface area contributed by atoms with Gasteiger partial charge in [-0.1, -0.05) is 0 Å². The van der Waals surface area contributed by atoms with Gasteiger partial charge in [-0.15, -0.1) is 24.8 Å². The molecule has 4 nitrogen and oxygen atoms in total. The molecule has 0 atom stereocenters. The standard InChI is InChI=1S/C9H4Cl2F3NO3S/c10-3-7-5(4-15)1-6(19(11,16)17)2-8(7)18-9(12,13)14/h1-2H,3H2. The molecule has 0 aromatic heterocycles. The summed E-state index contributed by atoms with van der Waals surface area (Å²) in [5, 5.41) is 8.78. The van der Waals surface area contributed by atoms with Crippen LogP contribution >= 0.6 is 22.3 Å². The highest BCUT2D eigenvalue weighted by molar-refractivity contribution is 8.13. The maximum Gasteiger partial charge on any atom is 0.573 e. The van der Waals surface area contributed by atoms with Gasteiger partial charge in [0.15, 0.2) is 0 Å². The normalized spacial score (nSPS) is 12.0. The highest BCUT2D eigenvalue weighted by Gasteiger charge is 2.33. The molecule has 1 rings (SSSR count). The third-order valence-corrected chi connectivity index (χ3v) is 3.54. The Morgan fingerprint density at radius 2 is 1.95 bits per heavy atom. The molecule has 0 radical (unpaired) electrons. The van der Waals surface area contributed by atoms with Crippen LogP contribution in [0.2, 0.25) is 0 Å². The van der Waals surface area contributed by atoms with Crippen molar-refractivity contribution in [3.8, 4) is 11.8 Å². The second-order valence-electron chi connectivity index (χ2n) is 3.18. The topological polar surface area (TPSA) is 67.2 Å². The minimum Gasteiger partial charge on any atom is -0.405 e. The molecule has 10 heteroatoms. The van der Waals surface area contributed by atoms with E-state index in [1.165, 1.54) is 6.07 Å². The maximum atomic E-state index is 12.2. The van der Waals surface area contributed by atoms with Crippen molar-refractivity contribution in [3.63, 3.8) is 0 Å². The Morgan fingerprint density at radius 3 is 2.32 bits per heavy atom. The molecule has 1 aromatic carbocycles. The number of alkyl halides is 4. The van der Waals surface area contributed by atoms with Gasteiger partial charge in [-0.2, -0.15) is 5.26 Å². The number of hydrogen-bond donors (Lipinski definition) is 0. The van der Waals surface area contributed by atoms with Crippen LogP contribution in [0.3, 0.4) is 0 Å². The molecule has 0 saturated heterocycles. The van der Waals surface area contributed by atoms with Crippen LogP contribution in [0, 0.1) is 11.3 Å². The maximum absolute atomic E-state index is 12.2. The Balaban J connectivity index is 3.55. The summed E-state index contributed by atoms with van der Waals surface area (Å²) in [5.74, 6) is -1.34. The van der Waals surface area contributed by atoms with Crippen LogP contribution in [-0.4, -0.2) is 14.8 Å². The van der Waals surface area contributed by atoms with Crippen molar-refractivity contribution in [2.75, 3.05) is 0 Å². The monoisotopic (exact) mass is 333 g/mol. The fraction of sp³-hybridized carbons (Fsp3) is 0.222. The fourth-order valence-corrected chi connectivity index (χ4v) is 2.26. The zero-order valence-electron chi connectivity index (χ0n) is 8.83. The van der Waals surface area contributed by atoms with E-state index in [0.29, 0.717) is 6.07 Å². The smallest absolute Gasteiger partial charge is 0.405 e. The van der Waals surface area contributed by atoms with Crippen molar-refractivity contribution in [3.05, 3.63) is 23.3 Å². The first kappa shape index (κ1) is 15.9. The molecule has 19 heavy (non-hydrogen) atoms. The van der Waals surface area contributed by atoms with Gasteiger partial charge >= 0.3 is 6.36 Å². The Hall–Kier alpha value is -1.17. The molecule has 0 saturated carbocycles. The summed E-state index contributed by atoms with van der Waals surface area (Å²) >= 11 is 5.43. The highest BCUT2D eigenvalue weighted by Crippen LogP contribution is 2.33. The van der Waals surface area contributed by atoms with Gasteiger partial charge in [-0.25, -0.2) is 8.42 Å². The average molecular weight is 334 g/mol. The van der Waals surface area contributed by atoms with E-state index in [1.54, 1.807) is 0 Å². The SMILES string of the molecule is N#Cc1cc(S(=O)(=O)Cl)cc(OC(F)(F)F)c1CCl. The number of hydrogen-bond acceptors (Lipinski definition) is 4. The predicted molar refractivity (Wildman–Crippen MR) is 60.4 cm³/mol. The van der Waals surface area contributed by atoms with Gasteiger partial charge in [0, 0.05) is 22.3 Å². The van der Waals surface area contributed by atoms with E-state index < -0.39 is 31.9 Å². The van der Waals surface area contributed by atoms with Crippen molar-refractivity contribution >= 4 is 31.3 Å². The minimum absolute atomic E-state index is 0.273. The molecule has 0 bridgehead atoms. The highest BCUT2D eigenvalue weighted by atomic mass is 35.7. The number of rotatable bonds is 3. The molecule has 0 spiro atoms. The Bertz CT molecular complexity index is 637. The fourth-order valence-electron chi connectivity index (χ4n) is 1.21. The minimum atomic E-state index is -5.05. The van der Waals surface area contributed by atoms with E-state index in [4.69, 9.17) is 27.5 Å². The molecule has 0 heterocycles. The lowest BCUT2D eigenvalue weighted by Gasteiger charge is -2.14. The molecule has 0 amide bonds. The van der Waals surface area contributed by atoms with Crippen LogP contribution in [0.1, 0.15) is 11.1 Å². The third kappa shape index (κ3) is 4.16. The number of nitriles is 1. The number of halogens is 5. The van der Waals surface area contributed by atoms with Crippen LogP contribution in [0.25, 0.3) is 0 Å². The van der Waals surface area contributed by atoms with Crippen molar-refractivity contribution in [1.82, 2.24) is 0 Å². The first-order valence-electron chi connectivity index (χ1n) is 4.42. The summed E-state index contributed by atoms with van der Waals surface area (Å²) < 4.78 is 62.4. The van der Waals surface area contributed by atoms with Crippen LogP contribution in [0.4, 0.5) is 13.2 Å². The first-order chi connectivity index (χ1) is 8.58. The lowest BCUT2D eigenvalue weighted by Crippen LogP contribution is -2.18. The lowest BCUT2D eigenvalue weighted by molar-refractivity contribution is -0.274. The summed E-state index contributed by atoms with van der Waals surface area (Å²) in [5.41, 5.74) is -0.637. The van der Waals surface area contributed by atoms with Gasteiger partial charge in [0.1, 0.15) is 5.75 Å². The van der Waals surface area contributed by atoms with Gasteiger partial charge in [-0.05, 0) is 6.07 Å². The van der Waals surface area contributed by atoms with Crippen LogP contribution in [-0.2, 0) is 14.9 Å². The number of ether oxygens (including phenoxy) is 1. The molecular formula is C9H4Cl2F3NO3S. The second-order valence-corrected chi connectivity index (χ2v) is 6.01. The van der Waals surface area contributed by atoms with Crippen LogP contribution < -0.4 is 4.74 Å². The van der Waals surface area contributed by atoms with E-state index in [1.807, 2.05) is 0 Å². The summed E-state index contributed by atoms with van der Waals surface area (Å²) in [6.45, 7) is 0. The Kier molecular flexibility index (Phi) is 4.55. The van der Waals surface area contributed by atoms with Gasteiger partial charge in [-0.3, -0.25) is 0 Å². The molecule has 0 fully saturated rings. The zero-order chi connectivity index (χ0) is 14.8. The molecule has 0 aliphatic rings. The van der Waals surface area contributed by atoms with Crippen molar-refractivity contribution < 1.29 is 26.3 Å². The molecule has 0 aliphatic heterocycles. The Morgan fingerprint density at radius 1 is 1.37 bits per heavy atom. The van der Waals surface area contributed by atoms with Crippen molar-refractivity contribution in [2.45, 2.75) is 17.1 Å². The predicted octanol–water partition coefficient (Wildman–Crippen LogP) is 3.12. The van der Waals surface area contributed by atoms with Gasteiger partial charge in [0.25, 0.3) is 9.05 Å². The second kappa shape index (κ2) is 5.45. The lowest BCUT2D eigenvalue weighted by atomic mass is 10.1. The molecule has 1 aromatic rings. The van der Waals surface area contributed by atoms with Gasteiger partial charge in [0.05, 0.1) is 22.4 Å². The van der Waals surface area contributed by atoms with Gasteiger partial charge in [0.2, 0.25) is 0 Å². The third-order valence-electron chi connectivity index (χ3n) is 1.94. The van der Waals surface area contributed by atoms with Crippen LogP contribution in [0.5, 0.6) is 5.75 Å². The zero-order valence-corrected chi connectivity index (χ0v) is 11.2. The van der Waals surface area contributed by atoms with E-state index in [0.717, 1.165) is 6.07 Å². The number of nitrogens with zero attached hydrogens (tertiary/aromatic N) is 1. The molecule has 104 valence electrons. The summed E-state index contributed by atoms with van der Waals surface area (Å²) in [6, 6.07) is 2.92. The van der Waals surface area contributed by atoms with Gasteiger partial charge < -0.3 is 4.74 Å². The van der Waals surface area contributed by atoms with E-state index in [2.05, 4.69) is 4.74 Å². The Labute approximate surface area is 115 Å². The average Bonchev–Trinajstić information content (AvgIpc) is 2.24. The van der Waals surface area contributed by atoms with Crippen molar-refractivity contribution in [2.24, 2.45) is 0 Å². The molecule has 0 aliphatic carbocycles. The largest absolute Gasteiger partial charge is 0.573 e. The quantitative estimate of drug-likeness (QED) is 0.629. The molecule has 0 unspecified atom stereocenters. The molecule has 0 N–H and O–H groups in total. The van der Waals surface area contributed by atoms with E-state index >= 15 is 0 Å². The first-order valence-corrected chi connectivity index (χ1v) is 7.26. The summed E-state index contributed by atoms with van der Waals surface area (Å²) in [7, 11) is 0.711. The number of benzene rings is 1. The molecular weight excluding hydrogens is 330 g/mol. The van der Waals surface area contributed by atoms with Crippen molar-refractivity contribution in [1.29, 1.82) is 5.26 Å². The van der Waals surface area contributed by atoms with E-state index in [-0.39, 0.29) is 11.1 Å². The summed E-state index contributed by atoms with van der Waals surface area (Å²) in [6.07, 6.45) is -5.05. The van der Waals surface area contributed by atoms with Crippen LogP contribution in [0.15, 0.2) is 17.0 Å². The van der Waals surface area contributed by atoms with E-state index in [9.17, 15) is 21.6 Å².